The van der Waals surface area contributed by atoms with Crippen molar-refractivity contribution in [2.24, 2.45) is 0 Å². The molecule has 0 aliphatic carbocycles. The van der Waals surface area contributed by atoms with Crippen molar-refractivity contribution in [1.82, 2.24) is 0 Å². The Balaban J connectivity index is 2.10. The highest BCUT2D eigenvalue weighted by Crippen LogP contribution is 2.31. The Bertz CT molecular complexity index is 442. The topological polar surface area (TPSA) is 46.6 Å². The van der Waals surface area contributed by atoms with Crippen molar-refractivity contribution in [3.05, 3.63) is 24.3 Å². The molecule has 1 amide bonds. The van der Waals surface area contributed by atoms with Crippen LogP contribution in [0.2, 0.25) is 0 Å². The Kier molecular flexibility index (Phi) is 3.42. The van der Waals surface area contributed by atoms with Crippen LogP contribution < -0.4 is 9.64 Å². The van der Waals surface area contributed by atoms with E-state index in [1.54, 1.807) is 11.8 Å². The number of para-hydroxylation sites is 2. The second kappa shape index (κ2) is 4.99. The first-order chi connectivity index (χ1) is 8.18. The Morgan fingerprint density at radius 2 is 2.18 bits per heavy atom. The van der Waals surface area contributed by atoms with Crippen molar-refractivity contribution < 1.29 is 14.3 Å². The lowest BCUT2D eigenvalue weighted by molar-refractivity contribution is -0.121. The Morgan fingerprint density at radius 1 is 1.41 bits per heavy atom. The molecule has 4 nitrogen and oxygen atoms in total. The molecule has 90 valence electrons. The van der Waals surface area contributed by atoms with Gasteiger partial charge in [0.25, 0.3) is 5.91 Å². The maximum absolute atomic E-state index is 11.7. The number of ketones is 1. The SMILES string of the molecule is CC(=O)CCCN1C(=O)COc2ccccc21. The average molecular weight is 233 g/mol. The predicted octanol–water partition coefficient (Wildman–Crippen LogP) is 1.78. The van der Waals surface area contributed by atoms with Crippen LogP contribution in [0.4, 0.5) is 5.69 Å². The summed E-state index contributed by atoms with van der Waals surface area (Å²) in [5.74, 6) is 0.834. The summed E-state index contributed by atoms with van der Waals surface area (Å²) in [5.41, 5.74) is 0.798. The van der Waals surface area contributed by atoms with Gasteiger partial charge in [0.15, 0.2) is 6.61 Å². The van der Waals surface area contributed by atoms with Crippen molar-refractivity contribution >= 4 is 17.4 Å². The van der Waals surface area contributed by atoms with Crippen LogP contribution in [0.5, 0.6) is 5.75 Å². The van der Waals surface area contributed by atoms with E-state index in [1.807, 2.05) is 24.3 Å². The van der Waals surface area contributed by atoms with Crippen LogP contribution in [0.3, 0.4) is 0 Å². The van der Waals surface area contributed by atoms with Gasteiger partial charge in [-0.1, -0.05) is 12.1 Å². The summed E-state index contributed by atoms with van der Waals surface area (Å²) in [4.78, 5) is 24.3. The van der Waals surface area contributed by atoms with Gasteiger partial charge < -0.3 is 14.4 Å². The first kappa shape index (κ1) is 11.6. The molecule has 1 aromatic carbocycles. The number of hydrogen-bond donors (Lipinski definition) is 0. The van der Waals surface area contributed by atoms with Crippen LogP contribution in [0, 0.1) is 0 Å². The van der Waals surface area contributed by atoms with Gasteiger partial charge in [-0.25, -0.2) is 0 Å². The Hall–Kier alpha value is -1.84. The number of amides is 1. The van der Waals surface area contributed by atoms with Crippen LogP contribution in [0.1, 0.15) is 19.8 Å². The quantitative estimate of drug-likeness (QED) is 0.796. The normalized spacial score (nSPS) is 14.2. The van der Waals surface area contributed by atoms with Gasteiger partial charge in [-0.2, -0.15) is 0 Å². The first-order valence-electron chi connectivity index (χ1n) is 5.70. The molecule has 1 aromatic rings. The van der Waals surface area contributed by atoms with Crippen LogP contribution in [0.15, 0.2) is 24.3 Å². The minimum Gasteiger partial charge on any atom is -0.482 e. The van der Waals surface area contributed by atoms with Crippen molar-refractivity contribution in [3.8, 4) is 5.75 Å². The first-order valence-corrected chi connectivity index (χ1v) is 5.70. The number of benzene rings is 1. The molecular weight excluding hydrogens is 218 g/mol. The predicted molar refractivity (Wildman–Crippen MR) is 64.2 cm³/mol. The summed E-state index contributed by atoms with van der Waals surface area (Å²) in [6.45, 7) is 2.21. The zero-order valence-electron chi connectivity index (χ0n) is 9.81. The third-order valence-corrected chi connectivity index (χ3v) is 2.72. The molecule has 1 aliphatic rings. The molecule has 0 radical (unpaired) electrons. The highest BCUT2D eigenvalue weighted by Gasteiger charge is 2.24. The van der Waals surface area contributed by atoms with E-state index in [1.165, 1.54) is 0 Å². The lowest BCUT2D eigenvalue weighted by Gasteiger charge is -2.29. The summed E-state index contributed by atoms with van der Waals surface area (Å²) in [6, 6.07) is 7.46. The molecule has 1 heterocycles. The molecule has 0 N–H and O–H groups in total. The average Bonchev–Trinajstić information content (AvgIpc) is 2.32. The molecule has 2 rings (SSSR count). The van der Waals surface area contributed by atoms with E-state index in [0.29, 0.717) is 19.4 Å². The lowest BCUT2D eigenvalue weighted by Crippen LogP contribution is -2.39. The molecular formula is C13H15NO3. The zero-order valence-corrected chi connectivity index (χ0v) is 9.81. The van der Waals surface area contributed by atoms with Crippen LogP contribution >= 0.6 is 0 Å². The molecule has 0 aromatic heterocycles. The molecule has 0 fully saturated rings. The summed E-state index contributed by atoms with van der Waals surface area (Å²) in [7, 11) is 0. The van der Waals surface area contributed by atoms with E-state index >= 15 is 0 Å². The largest absolute Gasteiger partial charge is 0.482 e. The number of hydrogen-bond acceptors (Lipinski definition) is 3. The minimum absolute atomic E-state index is 0.0488. The molecule has 0 atom stereocenters. The number of rotatable bonds is 4. The molecule has 1 aliphatic heterocycles. The Morgan fingerprint density at radius 3 is 2.94 bits per heavy atom. The number of Topliss-reactive ketones (excluding diaryl/α,β-unsaturated/α-hetero) is 1. The van der Waals surface area contributed by atoms with Gasteiger partial charge in [-0.05, 0) is 25.5 Å². The van der Waals surface area contributed by atoms with E-state index in [9.17, 15) is 9.59 Å². The summed E-state index contributed by atoms with van der Waals surface area (Å²) in [5, 5.41) is 0. The van der Waals surface area contributed by atoms with Crippen molar-refractivity contribution in [3.63, 3.8) is 0 Å². The standard InChI is InChI=1S/C13H15NO3/c1-10(15)5-4-8-14-11-6-2-3-7-12(11)17-9-13(14)16/h2-3,6-7H,4-5,8-9H2,1H3. The second-order valence-corrected chi connectivity index (χ2v) is 4.11. The third-order valence-electron chi connectivity index (χ3n) is 2.72. The molecule has 0 bridgehead atoms. The molecule has 4 heteroatoms. The number of fused-ring (bicyclic) bond motifs is 1. The fourth-order valence-electron chi connectivity index (χ4n) is 1.89. The fraction of sp³-hybridized carbons (Fsp3) is 0.385. The fourth-order valence-corrected chi connectivity index (χ4v) is 1.89. The monoisotopic (exact) mass is 233 g/mol. The number of carbonyl (C=O) groups excluding carboxylic acids is 2. The highest BCUT2D eigenvalue weighted by atomic mass is 16.5. The summed E-state index contributed by atoms with van der Waals surface area (Å²) in [6.07, 6.45) is 1.20. The molecule has 0 unspecified atom stereocenters. The van der Waals surface area contributed by atoms with Gasteiger partial charge in [0.2, 0.25) is 0 Å². The minimum atomic E-state index is -0.0488. The maximum Gasteiger partial charge on any atom is 0.265 e. The molecule has 0 saturated carbocycles. The van der Waals surface area contributed by atoms with Gasteiger partial charge >= 0.3 is 0 Å². The Labute approximate surface area is 100 Å². The van der Waals surface area contributed by atoms with Crippen LogP contribution in [0.25, 0.3) is 0 Å². The van der Waals surface area contributed by atoms with Crippen molar-refractivity contribution in [1.29, 1.82) is 0 Å². The molecule has 17 heavy (non-hydrogen) atoms. The number of nitrogens with zero attached hydrogens (tertiary/aromatic N) is 1. The van der Waals surface area contributed by atoms with E-state index in [4.69, 9.17) is 4.74 Å². The van der Waals surface area contributed by atoms with Crippen molar-refractivity contribution in [2.75, 3.05) is 18.1 Å². The number of carbonyl (C=O) groups is 2. The van der Waals surface area contributed by atoms with Gasteiger partial charge in [-0.3, -0.25) is 4.79 Å². The van der Waals surface area contributed by atoms with Gasteiger partial charge in [0, 0.05) is 13.0 Å². The molecule has 0 saturated heterocycles. The van der Waals surface area contributed by atoms with Gasteiger partial charge in [0.05, 0.1) is 5.69 Å². The summed E-state index contributed by atoms with van der Waals surface area (Å²) < 4.78 is 5.34. The van der Waals surface area contributed by atoms with Crippen LogP contribution in [-0.4, -0.2) is 24.8 Å². The van der Waals surface area contributed by atoms with Crippen molar-refractivity contribution in [2.45, 2.75) is 19.8 Å². The highest BCUT2D eigenvalue weighted by molar-refractivity contribution is 5.97. The third kappa shape index (κ3) is 2.64. The summed E-state index contributed by atoms with van der Waals surface area (Å²) >= 11 is 0. The maximum atomic E-state index is 11.7. The number of anilines is 1. The second-order valence-electron chi connectivity index (χ2n) is 4.11. The van der Waals surface area contributed by atoms with E-state index < -0.39 is 0 Å². The van der Waals surface area contributed by atoms with Gasteiger partial charge in [0.1, 0.15) is 11.5 Å². The number of ether oxygens (including phenoxy) is 1. The van der Waals surface area contributed by atoms with Crippen LogP contribution in [-0.2, 0) is 9.59 Å². The van der Waals surface area contributed by atoms with E-state index in [0.717, 1.165) is 11.4 Å². The molecule has 0 spiro atoms. The van der Waals surface area contributed by atoms with E-state index in [-0.39, 0.29) is 18.3 Å². The van der Waals surface area contributed by atoms with Gasteiger partial charge in [-0.15, -0.1) is 0 Å². The van der Waals surface area contributed by atoms with E-state index in [2.05, 4.69) is 0 Å². The zero-order chi connectivity index (χ0) is 12.3. The lowest BCUT2D eigenvalue weighted by atomic mass is 10.2. The smallest absolute Gasteiger partial charge is 0.265 e.